The van der Waals surface area contributed by atoms with Crippen LogP contribution in [-0.2, 0) is 0 Å². The van der Waals surface area contributed by atoms with E-state index in [1.807, 2.05) is 24.0 Å². The summed E-state index contributed by atoms with van der Waals surface area (Å²) >= 11 is 1.18. The minimum absolute atomic E-state index is 0.0523. The number of fused-ring (bicyclic) bond motifs is 1. The topological polar surface area (TPSA) is 74.8 Å². The Morgan fingerprint density at radius 1 is 1.48 bits per heavy atom. The van der Waals surface area contributed by atoms with Crippen molar-refractivity contribution in [1.82, 2.24) is 24.5 Å². The van der Waals surface area contributed by atoms with Crippen LogP contribution >= 0.6 is 11.5 Å². The summed E-state index contributed by atoms with van der Waals surface area (Å²) in [5.41, 5.74) is 3.91. The molecule has 0 spiro atoms. The summed E-state index contributed by atoms with van der Waals surface area (Å²) in [6.45, 7) is 3.36. The van der Waals surface area contributed by atoms with E-state index in [2.05, 4.69) is 25.6 Å². The number of carbonyl (C=O) groups is 1. The first-order valence-electron chi connectivity index (χ1n) is 7.74. The average Bonchev–Trinajstić information content (AvgIpc) is 3.20. The van der Waals surface area contributed by atoms with Gasteiger partial charge in [-0.25, -0.2) is 0 Å². The number of nitrogens with one attached hydrogen (secondary N) is 1. The Morgan fingerprint density at radius 2 is 2.39 bits per heavy atom. The molecule has 1 saturated heterocycles. The van der Waals surface area contributed by atoms with Crippen LogP contribution in [0.4, 0.5) is 0 Å². The van der Waals surface area contributed by atoms with Crippen LogP contribution in [0.5, 0.6) is 0 Å². The van der Waals surface area contributed by atoms with Gasteiger partial charge in [0.15, 0.2) is 0 Å². The molecule has 3 aromatic rings. The second kappa shape index (κ2) is 5.73. The molecule has 0 saturated carbocycles. The molecule has 4 heterocycles. The number of pyridine rings is 1. The third-order valence-corrected chi connectivity index (χ3v) is 5.22. The molecule has 118 valence electrons. The summed E-state index contributed by atoms with van der Waals surface area (Å²) in [6, 6.07) is 6.07. The second-order valence-corrected chi connectivity index (χ2v) is 6.69. The van der Waals surface area contributed by atoms with Gasteiger partial charge in [-0.2, -0.15) is 0 Å². The van der Waals surface area contributed by atoms with Crippen LogP contribution in [0, 0.1) is 6.92 Å². The minimum atomic E-state index is 0.0523. The van der Waals surface area contributed by atoms with Gasteiger partial charge in [-0.1, -0.05) is 4.49 Å². The van der Waals surface area contributed by atoms with E-state index in [0.717, 1.165) is 48.4 Å². The molecule has 0 unspecified atom stereocenters. The van der Waals surface area contributed by atoms with E-state index >= 15 is 0 Å². The molecular weight excluding hydrogens is 310 g/mol. The van der Waals surface area contributed by atoms with E-state index in [1.54, 1.807) is 6.20 Å². The first-order valence-corrected chi connectivity index (χ1v) is 8.51. The second-order valence-electron chi connectivity index (χ2n) is 5.94. The zero-order valence-electron chi connectivity index (χ0n) is 12.8. The van der Waals surface area contributed by atoms with Gasteiger partial charge in [-0.3, -0.25) is 9.78 Å². The fraction of sp³-hybridized carbons (Fsp3) is 0.375. The van der Waals surface area contributed by atoms with Crippen LogP contribution in [0.1, 0.15) is 39.8 Å². The Bertz CT molecular complexity index is 822. The molecule has 7 heteroatoms. The van der Waals surface area contributed by atoms with Crippen molar-refractivity contribution in [3.05, 3.63) is 40.7 Å². The van der Waals surface area contributed by atoms with Gasteiger partial charge in [0, 0.05) is 30.9 Å². The predicted molar refractivity (Wildman–Crippen MR) is 88.6 cm³/mol. The van der Waals surface area contributed by atoms with E-state index < -0.39 is 0 Å². The van der Waals surface area contributed by atoms with E-state index in [0.29, 0.717) is 10.8 Å². The molecule has 1 aliphatic heterocycles. The van der Waals surface area contributed by atoms with E-state index in [-0.39, 0.29) is 5.91 Å². The summed E-state index contributed by atoms with van der Waals surface area (Å²) in [5.74, 6) is 0.375. The van der Waals surface area contributed by atoms with E-state index in [4.69, 9.17) is 0 Å². The summed E-state index contributed by atoms with van der Waals surface area (Å²) < 4.78 is 3.87. The average molecular weight is 327 g/mol. The molecule has 23 heavy (non-hydrogen) atoms. The number of carbonyl (C=O) groups excluding carboxylic acids is 1. The van der Waals surface area contributed by atoms with Crippen LogP contribution in [0.2, 0.25) is 0 Å². The van der Waals surface area contributed by atoms with Gasteiger partial charge in [0.25, 0.3) is 5.91 Å². The molecule has 0 aromatic carbocycles. The van der Waals surface area contributed by atoms with Crippen molar-refractivity contribution in [1.29, 1.82) is 0 Å². The summed E-state index contributed by atoms with van der Waals surface area (Å²) in [6.07, 6.45) is 3.89. The Labute approximate surface area is 137 Å². The van der Waals surface area contributed by atoms with E-state index in [1.165, 1.54) is 11.5 Å². The van der Waals surface area contributed by atoms with Crippen molar-refractivity contribution < 1.29 is 4.79 Å². The van der Waals surface area contributed by atoms with Crippen LogP contribution in [-0.4, -0.2) is 43.5 Å². The molecular formula is C16H17N5OS. The number of hydrogen-bond acceptors (Lipinski definition) is 5. The van der Waals surface area contributed by atoms with Crippen LogP contribution in [0.25, 0.3) is 11.0 Å². The summed E-state index contributed by atoms with van der Waals surface area (Å²) in [5, 5.41) is 3.95. The van der Waals surface area contributed by atoms with Crippen molar-refractivity contribution >= 4 is 28.5 Å². The SMILES string of the molecule is Cc1nnsc1C(=O)N1CCC[C@H](c2cc3ncccc3[nH]2)C1. The molecule has 3 aromatic heterocycles. The van der Waals surface area contributed by atoms with Gasteiger partial charge in [-0.05, 0) is 49.5 Å². The predicted octanol–water partition coefficient (Wildman–Crippen LogP) is 2.74. The molecule has 0 aliphatic carbocycles. The molecule has 1 N–H and O–H groups in total. The monoisotopic (exact) mass is 327 g/mol. The maximum Gasteiger partial charge on any atom is 0.267 e. The Morgan fingerprint density at radius 3 is 3.17 bits per heavy atom. The van der Waals surface area contributed by atoms with Gasteiger partial charge in [-0.15, -0.1) is 5.10 Å². The number of aryl methyl sites for hydroxylation is 1. The highest BCUT2D eigenvalue weighted by Crippen LogP contribution is 2.29. The van der Waals surface area contributed by atoms with Crippen LogP contribution in [0.15, 0.2) is 24.4 Å². The number of hydrogen-bond donors (Lipinski definition) is 1. The fourth-order valence-corrected chi connectivity index (χ4v) is 3.81. The molecule has 1 amide bonds. The largest absolute Gasteiger partial charge is 0.357 e. The molecule has 0 radical (unpaired) electrons. The van der Waals surface area contributed by atoms with Gasteiger partial charge in [0.2, 0.25) is 0 Å². The minimum Gasteiger partial charge on any atom is -0.357 e. The van der Waals surface area contributed by atoms with Gasteiger partial charge >= 0.3 is 0 Å². The van der Waals surface area contributed by atoms with Crippen LogP contribution in [0.3, 0.4) is 0 Å². The van der Waals surface area contributed by atoms with Gasteiger partial charge in [0.1, 0.15) is 4.88 Å². The molecule has 1 aliphatic rings. The van der Waals surface area contributed by atoms with Crippen molar-refractivity contribution in [2.45, 2.75) is 25.7 Å². The van der Waals surface area contributed by atoms with Gasteiger partial charge < -0.3 is 9.88 Å². The van der Waals surface area contributed by atoms with Crippen LogP contribution < -0.4 is 0 Å². The number of rotatable bonds is 2. The standard InChI is InChI=1S/C16H17N5OS/c1-10-15(23-20-19-10)16(22)21-7-3-4-11(9-21)13-8-14-12(18-13)5-2-6-17-14/h2,5-6,8,11,18H,3-4,7,9H2,1H3/t11-/m0/s1. The third-order valence-electron chi connectivity index (χ3n) is 4.40. The normalized spacial score (nSPS) is 18.5. The molecule has 1 atom stereocenters. The number of piperidine rings is 1. The molecule has 0 bridgehead atoms. The number of likely N-dealkylation sites (tertiary alicyclic amines) is 1. The number of nitrogens with zero attached hydrogens (tertiary/aromatic N) is 4. The first kappa shape index (κ1) is 14.3. The molecule has 6 nitrogen and oxygen atoms in total. The Kier molecular flexibility index (Phi) is 3.57. The number of aromatic nitrogens is 4. The lowest BCUT2D eigenvalue weighted by Crippen LogP contribution is -2.39. The quantitative estimate of drug-likeness (QED) is 0.785. The van der Waals surface area contributed by atoms with Crippen molar-refractivity contribution in [2.24, 2.45) is 0 Å². The summed E-state index contributed by atoms with van der Waals surface area (Å²) in [7, 11) is 0. The van der Waals surface area contributed by atoms with Crippen molar-refractivity contribution in [2.75, 3.05) is 13.1 Å². The number of aromatic amines is 1. The Hall–Kier alpha value is -2.28. The fourth-order valence-electron chi connectivity index (χ4n) is 3.18. The highest BCUT2D eigenvalue weighted by Gasteiger charge is 2.28. The third kappa shape index (κ3) is 2.61. The highest BCUT2D eigenvalue weighted by molar-refractivity contribution is 7.07. The van der Waals surface area contributed by atoms with Crippen molar-refractivity contribution in [3.8, 4) is 0 Å². The first-order chi connectivity index (χ1) is 11.2. The number of H-pyrrole nitrogens is 1. The van der Waals surface area contributed by atoms with Gasteiger partial charge in [0.05, 0.1) is 16.7 Å². The zero-order chi connectivity index (χ0) is 15.8. The maximum absolute atomic E-state index is 12.7. The highest BCUT2D eigenvalue weighted by atomic mass is 32.1. The lowest BCUT2D eigenvalue weighted by Gasteiger charge is -2.32. The maximum atomic E-state index is 12.7. The Balaban J connectivity index is 1.57. The molecule has 4 rings (SSSR count). The molecule has 1 fully saturated rings. The zero-order valence-corrected chi connectivity index (χ0v) is 13.6. The van der Waals surface area contributed by atoms with E-state index in [9.17, 15) is 4.79 Å². The summed E-state index contributed by atoms with van der Waals surface area (Å²) in [4.78, 5) is 23.1. The number of amides is 1. The smallest absolute Gasteiger partial charge is 0.267 e. The lowest BCUT2D eigenvalue weighted by atomic mass is 9.94. The van der Waals surface area contributed by atoms with Crippen molar-refractivity contribution in [3.63, 3.8) is 0 Å². The lowest BCUT2D eigenvalue weighted by molar-refractivity contribution is 0.0710.